The van der Waals surface area contributed by atoms with Gasteiger partial charge in [0.25, 0.3) is 5.69 Å². The molecule has 0 bridgehead atoms. The Labute approximate surface area is 133 Å². The third-order valence-corrected chi connectivity index (χ3v) is 5.35. The lowest BCUT2D eigenvalue weighted by molar-refractivity contribution is -0.384. The number of sulfonamides is 1. The number of nitrogens with zero attached hydrogens (tertiary/aromatic N) is 2. The summed E-state index contributed by atoms with van der Waals surface area (Å²) in [6.07, 6.45) is 8.73. The lowest BCUT2D eigenvalue weighted by Crippen LogP contribution is -2.40. The fraction of sp³-hybridized carbons (Fsp3) is 0.267. The van der Waals surface area contributed by atoms with Gasteiger partial charge in [-0.1, -0.05) is 12.0 Å². The van der Waals surface area contributed by atoms with E-state index in [4.69, 9.17) is 6.42 Å². The summed E-state index contributed by atoms with van der Waals surface area (Å²) in [7, 11) is -3.92. The molecule has 23 heavy (non-hydrogen) atoms. The molecule has 2 rings (SSSR count). The van der Waals surface area contributed by atoms with Crippen LogP contribution in [0.4, 0.5) is 5.69 Å². The highest BCUT2D eigenvalue weighted by Gasteiger charge is 2.31. The second kappa shape index (κ2) is 6.73. The quantitative estimate of drug-likeness (QED) is 0.462. The monoisotopic (exact) mass is 334 g/mol. The summed E-state index contributed by atoms with van der Waals surface area (Å²) in [5, 5.41) is 10.7. The Morgan fingerprint density at radius 1 is 1.35 bits per heavy atom. The van der Waals surface area contributed by atoms with Gasteiger partial charge in [0.15, 0.2) is 5.78 Å². The fourth-order valence-corrected chi connectivity index (χ4v) is 3.80. The van der Waals surface area contributed by atoms with Crippen LogP contribution in [-0.2, 0) is 14.8 Å². The average Bonchev–Trinajstić information content (AvgIpc) is 2.53. The zero-order valence-corrected chi connectivity index (χ0v) is 12.9. The van der Waals surface area contributed by atoms with Gasteiger partial charge in [-0.15, -0.1) is 6.42 Å². The highest BCUT2D eigenvalue weighted by atomic mass is 32.2. The number of hydrogen-bond donors (Lipinski definition) is 0. The molecule has 0 unspecified atom stereocenters. The number of ketones is 1. The average molecular weight is 334 g/mol. The van der Waals surface area contributed by atoms with Crippen molar-refractivity contribution in [1.82, 2.24) is 4.31 Å². The highest BCUT2D eigenvalue weighted by molar-refractivity contribution is 7.89. The summed E-state index contributed by atoms with van der Waals surface area (Å²) in [5.41, 5.74) is -0.199. The maximum absolute atomic E-state index is 12.7. The molecule has 0 amide bonds. The molecular formula is C15H14N2O5S. The van der Waals surface area contributed by atoms with Gasteiger partial charge in [-0.25, -0.2) is 8.42 Å². The van der Waals surface area contributed by atoms with Crippen LogP contribution in [0.5, 0.6) is 0 Å². The SMILES string of the molecule is C#CCN([C@@H]1C=CC(=O)CC1)S(=O)(=O)c1ccc([N+](=O)[O-])cc1. The lowest BCUT2D eigenvalue weighted by atomic mass is 10.0. The normalized spacial score (nSPS) is 17.9. The fourth-order valence-electron chi connectivity index (χ4n) is 2.27. The Hall–Kier alpha value is -2.50. The molecule has 1 aromatic rings. The van der Waals surface area contributed by atoms with E-state index in [-0.39, 0.29) is 29.3 Å². The number of hydrogen-bond acceptors (Lipinski definition) is 5. The summed E-state index contributed by atoms with van der Waals surface area (Å²) in [4.78, 5) is 21.2. The molecule has 0 radical (unpaired) electrons. The summed E-state index contributed by atoms with van der Waals surface area (Å²) in [5.74, 6) is 2.24. The van der Waals surface area contributed by atoms with E-state index in [1.165, 1.54) is 24.3 Å². The van der Waals surface area contributed by atoms with Gasteiger partial charge < -0.3 is 0 Å². The number of carbonyl (C=O) groups excluding carboxylic acids is 1. The molecule has 0 spiro atoms. The first-order valence-corrected chi connectivity index (χ1v) is 8.21. The standard InChI is InChI=1S/C15H14N2O5S/c1-2-11-16(12-3-7-14(18)8-4-12)23(21,22)15-9-5-13(6-10-15)17(19)20/h1,3,5-7,9-10,12H,4,8,11H2/t12-/m1/s1. The smallest absolute Gasteiger partial charge is 0.269 e. The molecule has 7 nitrogen and oxygen atoms in total. The number of terminal acetylenes is 1. The van der Waals surface area contributed by atoms with Crippen molar-refractivity contribution in [3.8, 4) is 12.3 Å². The Kier molecular flexibility index (Phi) is 4.93. The Bertz CT molecular complexity index is 790. The molecule has 0 saturated heterocycles. The van der Waals surface area contributed by atoms with Crippen LogP contribution < -0.4 is 0 Å². The van der Waals surface area contributed by atoms with E-state index in [0.717, 1.165) is 16.4 Å². The topological polar surface area (TPSA) is 97.6 Å². The lowest BCUT2D eigenvalue weighted by Gasteiger charge is -2.28. The largest absolute Gasteiger partial charge is 0.295 e. The molecule has 8 heteroatoms. The number of allylic oxidation sites excluding steroid dienone is 1. The molecule has 1 aromatic carbocycles. The van der Waals surface area contributed by atoms with Crippen LogP contribution in [-0.4, -0.2) is 36.0 Å². The van der Waals surface area contributed by atoms with Crippen molar-refractivity contribution >= 4 is 21.5 Å². The maximum atomic E-state index is 12.7. The van der Waals surface area contributed by atoms with Crippen molar-refractivity contribution in [2.24, 2.45) is 0 Å². The number of nitro groups is 1. The van der Waals surface area contributed by atoms with Crippen LogP contribution in [0.3, 0.4) is 0 Å². The van der Waals surface area contributed by atoms with Gasteiger partial charge in [-0.05, 0) is 24.6 Å². The third kappa shape index (κ3) is 3.64. The van der Waals surface area contributed by atoms with Gasteiger partial charge in [0.1, 0.15) is 0 Å². The minimum atomic E-state index is -3.92. The molecule has 120 valence electrons. The van der Waals surface area contributed by atoms with Gasteiger partial charge in [0.2, 0.25) is 10.0 Å². The molecule has 1 aliphatic carbocycles. The van der Waals surface area contributed by atoms with Crippen molar-refractivity contribution in [3.63, 3.8) is 0 Å². The summed E-state index contributed by atoms with van der Waals surface area (Å²) >= 11 is 0. The van der Waals surface area contributed by atoms with Crippen LogP contribution in [0, 0.1) is 22.5 Å². The highest BCUT2D eigenvalue weighted by Crippen LogP contribution is 2.24. The van der Waals surface area contributed by atoms with E-state index in [1.54, 1.807) is 0 Å². The van der Waals surface area contributed by atoms with E-state index in [1.807, 2.05) is 0 Å². The predicted molar refractivity (Wildman–Crippen MR) is 83.0 cm³/mol. The van der Waals surface area contributed by atoms with Crippen molar-refractivity contribution in [2.75, 3.05) is 6.54 Å². The van der Waals surface area contributed by atoms with Crippen LogP contribution in [0.2, 0.25) is 0 Å². The maximum Gasteiger partial charge on any atom is 0.269 e. The Morgan fingerprint density at radius 2 is 2.00 bits per heavy atom. The van der Waals surface area contributed by atoms with Gasteiger partial charge in [0, 0.05) is 24.6 Å². The zero-order valence-electron chi connectivity index (χ0n) is 12.1. The number of non-ortho nitro benzene ring substituents is 1. The predicted octanol–water partition coefficient (Wildman–Crippen LogP) is 1.51. The molecule has 1 aliphatic rings. The van der Waals surface area contributed by atoms with Crippen LogP contribution in [0.1, 0.15) is 12.8 Å². The molecule has 0 saturated carbocycles. The molecular weight excluding hydrogens is 320 g/mol. The minimum absolute atomic E-state index is 0.0605. The van der Waals surface area contributed by atoms with Crippen LogP contribution in [0.15, 0.2) is 41.3 Å². The summed E-state index contributed by atoms with van der Waals surface area (Å²) in [6, 6.07) is 4.09. The molecule has 0 fully saturated rings. The molecule has 0 heterocycles. The Morgan fingerprint density at radius 3 is 2.48 bits per heavy atom. The van der Waals surface area contributed by atoms with E-state index >= 15 is 0 Å². The number of rotatable bonds is 5. The Balaban J connectivity index is 2.37. The number of benzene rings is 1. The molecule has 0 aromatic heterocycles. The van der Waals surface area contributed by atoms with Crippen molar-refractivity contribution in [3.05, 3.63) is 46.5 Å². The third-order valence-electron chi connectivity index (χ3n) is 3.46. The minimum Gasteiger partial charge on any atom is -0.295 e. The van der Waals surface area contributed by atoms with E-state index < -0.39 is 21.0 Å². The van der Waals surface area contributed by atoms with Gasteiger partial charge in [-0.3, -0.25) is 14.9 Å². The van der Waals surface area contributed by atoms with Crippen LogP contribution >= 0.6 is 0 Å². The van der Waals surface area contributed by atoms with Gasteiger partial charge in [0.05, 0.1) is 16.4 Å². The number of nitro benzene ring substituents is 1. The van der Waals surface area contributed by atoms with Crippen molar-refractivity contribution < 1.29 is 18.1 Å². The molecule has 0 aliphatic heterocycles. The van der Waals surface area contributed by atoms with Crippen molar-refractivity contribution in [2.45, 2.75) is 23.8 Å². The molecule has 1 atom stereocenters. The first-order valence-electron chi connectivity index (χ1n) is 6.77. The second-order valence-corrected chi connectivity index (χ2v) is 6.83. The first kappa shape index (κ1) is 16.9. The van der Waals surface area contributed by atoms with Gasteiger partial charge in [-0.2, -0.15) is 4.31 Å². The van der Waals surface area contributed by atoms with Crippen molar-refractivity contribution in [1.29, 1.82) is 0 Å². The first-order chi connectivity index (χ1) is 10.9. The van der Waals surface area contributed by atoms with E-state index in [9.17, 15) is 23.3 Å². The summed E-state index contributed by atoms with van der Waals surface area (Å²) < 4.78 is 26.6. The van der Waals surface area contributed by atoms with E-state index in [2.05, 4.69) is 5.92 Å². The summed E-state index contributed by atoms with van der Waals surface area (Å²) in [6.45, 7) is -0.150. The zero-order chi connectivity index (χ0) is 17.0. The second-order valence-electron chi connectivity index (χ2n) is 4.94. The van der Waals surface area contributed by atoms with Gasteiger partial charge >= 0.3 is 0 Å². The molecule has 0 N–H and O–H groups in total. The van der Waals surface area contributed by atoms with Crippen LogP contribution in [0.25, 0.3) is 0 Å². The number of carbonyl (C=O) groups is 1. The van der Waals surface area contributed by atoms with E-state index in [0.29, 0.717) is 6.42 Å².